The van der Waals surface area contributed by atoms with Crippen LogP contribution in [0.3, 0.4) is 0 Å². The van der Waals surface area contributed by atoms with E-state index in [4.69, 9.17) is 9.26 Å². The zero-order chi connectivity index (χ0) is 13.9. The Morgan fingerprint density at radius 1 is 1.25 bits per heavy atom. The lowest BCUT2D eigenvalue weighted by Gasteiger charge is -2.04. The molecular weight excluding hydrogens is 252 g/mol. The van der Waals surface area contributed by atoms with E-state index in [0.29, 0.717) is 18.4 Å². The molecule has 1 aromatic heterocycles. The molecule has 1 aromatic carbocycles. The minimum Gasteiger partial charge on any atom is -0.381 e. The van der Waals surface area contributed by atoms with Crippen LogP contribution >= 0.6 is 0 Å². The van der Waals surface area contributed by atoms with Gasteiger partial charge in [-0.1, -0.05) is 31.1 Å². The van der Waals surface area contributed by atoms with E-state index in [1.165, 1.54) is 5.56 Å². The van der Waals surface area contributed by atoms with Gasteiger partial charge in [0.2, 0.25) is 0 Å². The quantitative estimate of drug-likeness (QED) is 0.855. The third-order valence-electron chi connectivity index (χ3n) is 3.58. The number of aromatic nitrogens is 2. The molecule has 0 aliphatic carbocycles. The molecule has 1 unspecified atom stereocenters. The van der Waals surface area contributed by atoms with E-state index in [9.17, 15) is 0 Å². The van der Waals surface area contributed by atoms with Gasteiger partial charge in [0.25, 0.3) is 5.89 Å². The Bertz CT molecular complexity index is 554. The Balaban J connectivity index is 1.75. The zero-order valence-corrected chi connectivity index (χ0v) is 12.0. The second-order valence-electron chi connectivity index (χ2n) is 5.81. The Hall–Kier alpha value is -1.68. The molecule has 0 amide bonds. The van der Waals surface area contributed by atoms with Gasteiger partial charge in [-0.3, -0.25) is 0 Å². The van der Waals surface area contributed by atoms with Crippen molar-refractivity contribution in [3.63, 3.8) is 0 Å². The van der Waals surface area contributed by atoms with E-state index < -0.39 is 0 Å². The first-order valence-electron chi connectivity index (χ1n) is 7.23. The van der Waals surface area contributed by atoms with E-state index in [1.807, 2.05) is 0 Å². The van der Waals surface area contributed by atoms with Crippen LogP contribution in [0.1, 0.15) is 37.6 Å². The second-order valence-corrected chi connectivity index (χ2v) is 5.81. The highest BCUT2D eigenvalue weighted by Crippen LogP contribution is 2.25. The summed E-state index contributed by atoms with van der Waals surface area (Å²) in [4.78, 5) is 4.50. The number of rotatable bonds is 4. The van der Waals surface area contributed by atoms with Crippen molar-refractivity contribution in [3.8, 4) is 11.5 Å². The number of benzene rings is 1. The predicted molar refractivity (Wildman–Crippen MR) is 76.5 cm³/mol. The lowest BCUT2D eigenvalue weighted by atomic mass is 10.0. The fraction of sp³-hybridized carbons (Fsp3) is 0.500. The van der Waals surface area contributed by atoms with Gasteiger partial charge in [-0.05, 0) is 36.5 Å². The first-order valence-corrected chi connectivity index (χ1v) is 7.23. The highest BCUT2D eigenvalue weighted by atomic mass is 16.5. The van der Waals surface area contributed by atoms with Crippen molar-refractivity contribution in [2.75, 3.05) is 13.2 Å². The van der Waals surface area contributed by atoms with Crippen molar-refractivity contribution in [1.82, 2.24) is 10.1 Å². The summed E-state index contributed by atoms with van der Waals surface area (Å²) >= 11 is 0. The van der Waals surface area contributed by atoms with Crippen molar-refractivity contribution in [2.24, 2.45) is 5.92 Å². The Morgan fingerprint density at radius 2 is 2.05 bits per heavy atom. The molecule has 0 bridgehead atoms. The Labute approximate surface area is 119 Å². The van der Waals surface area contributed by atoms with Crippen LogP contribution in [0.25, 0.3) is 11.5 Å². The molecular formula is C16H20N2O2. The summed E-state index contributed by atoms with van der Waals surface area (Å²) in [5.41, 5.74) is 2.32. The minimum atomic E-state index is 0.285. The van der Waals surface area contributed by atoms with Gasteiger partial charge in [-0.15, -0.1) is 0 Å². The molecule has 1 saturated heterocycles. The number of nitrogens with zero attached hydrogens (tertiary/aromatic N) is 2. The lowest BCUT2D eigenvalue weighted by Crippen LogP contribution is -1.99. The van der Waals surface area contributed by atoms with E-state index in [2.05, 4.69) is 48.3 Å². The molecule has 2 heterocycles. The number of hydrogen-bond donors (Lipinski definition) is 0. The highest BCUT2D eigenvalue weighted by Gasteiger charge is 2.23. The van der Waals surface area contributed by atoms with Crippen LogP contribution in [-0.2, 0) is 11.2 Å². The molecule has 1 aliphatic rings. The third-order valence-corrected chi connectivity index (χ3v) is 3.58. The fourth-order valence-corrected chi connectivity index (χ4v) is 2.51. The zero-order valence-electron chi connectivity index (χ0n) is 12.0. The van der Waals surface area contributed by atoms with Gasteiger partial charge in [-0.2, -0.15) is 4.98 Å². The van der Waals surface area contributed by atoms with E-state index in [0.717, 1.165) is 30.8 Å². The van der Waals surface area contributed by atoms with Gasteiger partial charge in [0.1, 0.15) is 0 Å². The van der Waals surface area contributed by atoms with Gasteiger partial charge >= 0.3 is 0 Å². The molecule has 3 rings (SSSR count). The smallest absolute Gasteiger partial charge is 0.257 e. The maximum atomic E-state index is 5.37. The molecule has 4 nitrogen and oxygen atoms in total. The van der Waals surface area contributed by atoms with Crippen LogP contribution in [0.5, 0.6) is 0 Å². The molecule has 1 atom stereocenters. The van der Waals surface area contributed by atoms with Gasteiger partial charge in [0.15, 0.2) is 5.82 Å². The summed E-state index contributed by atoms with van der Waals surface area (Å²) in [7, 11) is 0. The monoisotopic (exact) mass is 272 g/mol. The van der Waals surface area contributed by atoms with Crippen molar-refractivity contribution in [1.29, 1.82) is 0 Å². The van der Waals surface area contributed by atoms with Crippen molar-refractivity contribution in [3.05, 3.63) is 35.7 Å². The summed E-state index contributed by atoms with van der Waals surface area (Å²) < 4.78 is 10.7. The van der Waals surface area contributed by atoms with Crippen LogP contribution in [-0.4, -0.2) is 23.4 Å². The van der Waals surface area contributed by atoms with Gasteiger partial charge in [0, 0.05) is 18.1 Å². The summed E-state index contributed by atoms with van der Waals surface area (Å²) in [5.74, 6) is 2.32. The first-order chi connectivity index (χ1) is 9.72. The normalized spacial score (nSPS) is 18.9. The van der Waals surface area contributed by atoms with Crippen LogP contribution in [0.15, 0.2) is 28.8 Å². The SMILES string of the molecule is CC(C)Cc1ccc(-c2nc(C3CCOC3)no2)cc1. The van der Waals surface area contributed by atoms with Crippen LogP contribution in [0.2, 0.25) is 0 Å². The molecule has 20 heavy (non-hydrogen) atoms. The van der Waals surface area contributed by atoms with E-state index in [-0.39, 0.29) is 5.92 Å². The lowest BCUT2D eigenvalue weighted by molar-refractivity contribution is 0.192. The average molecular weight is 272 g/mol. The van der Waals surface area contributed by atoms with Gasteiger partial charge in [0.05, 0.1) is 6.61 Å². The molecule has 106 valence electrons. The fourth-order valence-electron chi connectivity index (χ4n) is 2.51. The van der Waals surface area contributed by atoms with Gasteiger partial charge < -0.3 is 9.26 Å². The summed E-state index contributed by atoms with van der Waals surface area (Å²) in [6.07, 6.45) is 2.07. The molecule has 1 fully saturated rings. The van der Waals surface area contributed by atoms with Crippen molar-refractivity contribution in [2.45, 2.75) is 32.6 Å². The van der Waals surface area contributed by atoms with Crippen LogP contribution in [0.4, 0.5) is 0 Å². The third kappa shape index (κ3) is 2.90. The standard InChI is InChI=1S/C16H20N2O2/c1-11(2)9-12-3-5-13(6-4-12)16-17-15(18-20-16)14-7-8-19-10-14/h3-6,11,14H,7-10H2,1-2H3. The summed E-state index contributed by atoms with van der Waals surface area (Å²) in [5, 5.41) is 4.08. The Morgan fingerprint density at radius 3 is 2.70 bits per heavy atom. The number of hydrogen-bond acceptors (Lipinski definition) is 4. The maximum absolute atomic E-state index is 5.37. The van der Waals surface area contributed by atoms with Crippen LogP contribution < -0.4 is 0 Å². The average Bonchev–Trinajstić information content (AvgIpc) is 3.10. The van der Waals surface area contributed by atoms with Gasteiger partial charge in [-0.25, -0.2) is 0 Å². The molecule has 0 saturated carbocycles. The molecule has 2 aromatic rings. The van der Waals surface area contributed by atoms with Crippen LogP contribution in [0, 0.1) is 5.92 Å². The van der Waals surface area contributed by atoms with Crippen molar-refractivity contribution < 1.29 is 9.26 Å². The summed E-state index contributed by atoms with van der Waals surface area (Å²) in [6.45, 7) is 5.94. The second kappa shape index (κ2) is 5.75. The number of ether oxygens (including phenoxy) is 1. The summed E-state index contributed by atoms with van der Waals surface area (Å²) in [6, 6.07) is 8.39. The van der Waals surface area contributed by atoms with E-state index >= 15 is 0 Å². The highest BCUT2D eigenvalue weighted by molar-refractivity contribution is 5.53. The molecule has 0 N–H and O–H groups in total. The molecule has 0 spiro atoms. The maximum Gasteiger partial charge on any atom is 0.257 e. The topological polar surface area (TPSA) is 48.2 Å². The minimum absolute atomic E-state index is 0.285. The first kappa shape index (κ1) is 13.3. The van der Waals surface area contributed by atoms with Crippen molar-refractivity contribution >= 4 is 0 Å². The molecule has 4 heteroatoms. The Kier molecular flexibility index (Phi) is 3.83. The molecule has 1 aliphatic heterocycles. The molecule has 0 radical (unpaired) electrons. The van der Waals surface area contributed by atoms with E-state index in [1.54, 1.807) is 0 Å². The predicted octanol–water partition coefficient (Wildman–Crippen LogP) is 3.44. The largest absolute Gasteiger partial charge is 0.381 e.